The molecule has 0 bridgehead atoms. The summed E-state index contributed by atoms with van der Waals surface area (Å²) in [5, 5.41) is 1.13. The Morgan fingerprint density at radius 1 is 0.688 bits per heavy atom. The first-order valence-electron chi connectivity index (χ1n) is 6.63. The van der Waals surface area contributed by atoms with E-state index < -0.39 is 0 Å². The zero-order valence-corrected chi connectivity index (χ0v) is 12.3. The van der Waals surface area contributed by atoms with Crippen molar-refractivity contribution in [1.29, 1.82) is 0 Å². The predicted molar refractivity (Wildman–Crippen MR) is 73.4 cm³/mol. The van der Waals surface area contributed by atoms with Crippen LogP contribution in [-0.4, -0.2) is 31.8 Å². The van der Waals surface area contributed by atoms with E-state index in [4.69, 9.17) is 9.47 Å². The van der Waals surface area contributed by atoms with Gasteiger partial charge in [-0.1, -0.05) is 42.1 Å². The van der Waals surface area contributed by atoms with Crippen molar-refractivity contribution in [3.8, 4) is 0 Å². The highest BCUT2D eigenvalue weighted by Crippen LogP contribution is 2.02. The molecule has 2 nitrogen and oxygen atoms in total. The fourth-order valence-electron chi connectivity index (χ4n) is 1.37. The van der Waals surface area contributed by atoms with Crippen LogP contribution >= 0.6 is 15.9 Å². The summed E-state index contributed by atoms with van der Waals surface area (Å²) in [7, 11) is 0. The molecule has 0 aliphatic rings. The van der Waals surface area contributed by atoms with Crippen molar-refractivity contribution >= 4 is 15.9 Å². The number of rotatable bonds is 13. The molecule has 3 heteroatoms. The zero-order valence-electron chi connectivity index (χ0n) is 10.7. The van der Waals surface area contributed by atoms with E-state index in [0.29, 0.717) is 0 Å². The van der Waals surface area contributed by atoms with E-state index in [2.05, 4.69) is 22.9 Å². The topological polar surface area (TPSA) is 18.5 Å². The van der Waals surface area contributed by atoms with Gasteiger partial charge in [0, 0.05) is 31.8 Å². The molecule has 0 unspecified atom stereocenters. The molecule has 16 heavy (non-hydrogen) atoms. The van der Waals surface area contributed by atoms with E-state index in [1.807, 2.05) is 0 Å². The Kier molecular flexibility index (Phi) is 15.8. The van der Waals surface area contributed by atoms with Gasteiger partial charge in [0.1, 0.15) is 0 Å². The minimum atomic E-state index is 0.851. The van der Waals surface area contributed by atoms with Crippen LogP contribution in [0.5, 0.6) is 0 Å². The van der Waals surface area contributed by atoms with Crippen LogP contribution in [0.2, 0.25) is 0 Å². The van der Waals surface area contributed by atoms with Gasteiger partial charge in [-0.2, -0.15) is 0 Å². The van der Waals surface area contributed by atoms with Crippen LogP contribution in [0.15, 0.2) is 0 Å². The maximum atomic E-state index is 5.53. The van der Waals surface area contributed by atoms with Crippen LogP contribution in [0.25, 0.3) is 0 Å². The maximum Gasteiger partial charge on any atom is 0.0487 e. The number of alkyl halides is 1. The Balaban J connectivity index is 2.83. The second kappa shape index (κ2) is 15.4. The Hall–Kier alpha value is 0.400. The third-order valence-corrected chi connectivity index (χ3v) is 2.95. The first-order chi connectivity index (χ1) is 7.91. The highest BCUT2D eigenvalue weighted by Gasteiger charge is 1.92. The van der Waals surface area contributed by atoms with Crippen LogP contribution in [0.3, 0.4) is 0 Å². The molecule has 0 amide bonds. The number of unbranched alkanes of at least 4 members (excludes halogenated alkanes) is 4. The van der Waals surface area contributed by atoms with Crippen molar-refractivity contribution in [2.45, 2.75) is 51.9 Å². The molecule has 0 aromatic carbocycles. The second-order valence-electron chi connectivity index (χ2n) is 4.04. The van der Waals surface area contributed by atoms with Gasteiger partial charge in [0.2, 0.25) is 0 Å². The number of ether oxygens (including phenoxy) is 2. The average Bonchev–Trinajstić information content (AvgIpc) is 2.31. The summed E-state index contributed by atoms with van der Waals surface area (Å²) in [4.78, 5) is 0. The smallest absolute Gasteiger partial charge is 0.0487 e. The molecule has 0 fully saturated rings. The van der Waals surface area contributed by atoms with Crippen molar-refractivity contribution in [2.75, 3.05) is 31.8 Å². The summed E-state index contributed by atoms with van der Waals surface area (Å²) in [5.41, 5.74) is 0. The molecule has 0 spiro atoms. The lowest BCUT2D eigenvalue weighted by molar-refractivity contribution is 0.0800. The molecular weight excluding hydrogens is 268 g/mol. The third kappa shape index (κ3) is 14.4. The molecule has 98 valence electrons. The van der Waals surface area contributed by atoms with Gasteiger partial charge in [0.15, 0.2) is 0 Å². The van der Waals surface area contributed by atoms with Crippen molar-refractivity contribution in [3.63, 3.8) is 0 Å². The molecule has 0 atom stereocenters. The quantitative estimate of drug-likeness (QED) is 0.375. The Morgan fingerprint density at radius 2 is 1.25 bits per heavy atom. The van der Waals surface area contributed by atoms with E-state index in [1.165, 1.54) is 38.5 Å². The van der Waals surface area contributed by atoms with Crippen molar-refractivity contribution in [1.82, 2.24) is 0 Å². The first-order valence-corrected chi connectivity index (χ1v) is 7.75. The van der Waals surface area contributed by atoms with Gasteiger partial charge in [0.25, 0.3) is 0 Å². The molecule has 0 saturated heterocycles. The summed E-state index contributed by atoms with van der Waals surface area (Å²) >= 11 is 3.43. The van der Waals surface area contributed by atoms with E-state index in [-0.39, 0.29) is 0 Å². The highest BCUT2D eigenvalue weighted by molar-refractivity contribution is 9.09. The average molecular weight is 295 g/mol. The van der Waals surface area contributed by atoms with Crippen LogP contribution in [-0.2, 0) is 9.47 Å². The molecule has 0 radical (unpaired) electrons. The molecule has 0 aromatic rings. The van der Waals surface area contributed by atoms with Crippen LogP contribution < -0.4 is 0 Å². The number of hydrogen-bond donors (Lipinski definition) is 0. The van der Waals surface area contributed by atoms with E-state index in [1.54, 1.807) is 0 Å². The molecule has 0 heterocycles. The first kappa shape index (κ1) is 16.4. The normalized spacial score (nSPS) is 10.9. The van der Waals surface area contributed by atoms with Crippen LogP contribution in [0, 0.1) is 0 Å². The van der Waals surface area contributed by atoms with Crippen LogP contribution in [0.1, 0.15) is 51.9 Å². The summed E-state index contributed by atoms with van der Waals surface area (Å²) < 4.78 is 11.0. The van der Waals surface area contributed by atoms with Gasteiger partial charge in [-0.05, 0) is 25.7 Å². The summed E-state index contributed by atoms with van der Waals surface area (Å²) in [6.07, 6.45) is 8.51. The minimum Gasteiger partial charge on any atom is -0.381 e. The monoisotopic (exact) mass is 294 g/mol. The van der Waals surface area contributed by atoms with E-state index >= 15 is 0 Å². The van der Waals surface area contributed by atoms with Gasteiger partial charge in [-0.15, -0.1) is 0 Å². The van der Waals surface area contributed by atoms with Gasteiger partial charge in [-0.25, -0.2) is 0 Å². The Labute approximate surface area is 109 Å². The lowest BCUT2D eigenvalue weighted by atomic mass is 10.2. The Morgan fingerprint density at radius 3 is 1.88 bits per heavy atom. The third-order valence-electron chi connectivity index (χ3n) is 2.39. The minimum absolute atomic E-state index is 0.851. The van der Waals surface area contributed by atoms with E-state index in [9.17, 15) is 0 Å². The SMILES string of the molecule is CCCCOCCCOCCCCCCBr. The summed E-state index contributed by atoms with van der Waals surface area (Å²) in [6.45, 7) is 5.70. The summed E-state index contributed by atoms with van der Waals surface area (Å²) in [6, 6.07) is 0. The van der Waals surface area contributed by atoms with E-state index in [0.717, 1.165) is 38.2 Å². The van der Waals surface area contributed by atoms with Gasteiger partial charge in [-0.3, -0.25) is 0 Å². The predicted octanol–water partition coefficient (Wildman–Crippen LogP) is 4.17. The fourth-order valence-corrected chi connectivity index (χ4v) is 1.76. The molecule has 0 aliphatic carbocycles. The molecule has 0 saturated carbocycles. The largest absolute Gasteiger partial charge is 0.381 e. The van der Waals surface area contributed by atoms with Crippen molar-refractivity contribution in [2.24, 2.45) is 0 Å². The molecule has 0 N–H and O–H groups in total. The Bertz CT molecular complexity index is 107. The molecule has 0 aromatic heterocycles. The van der Waals surface area contributed by atoms with Gasteiger partial charge < -0.3 is 9.47 Å². The standard InChI is InChI=1S/C13H27BrO2/c1-2-3-10-15-12-8-13-16-11-7-5-4-6-9-14/h2-13H2,1H3. The zero-order chi connectivity index (χ0) is 11.9. The van der Waals surface area contributed by atoms with Crippen LogP contribution in [0.4, 0.5) is 0 Å². The lowest BCUT2D eigenvalue weighted by Gasteiger charge is -2.05. The summed E-state index contributed by atoms with van der Waals surface area (Å²) in [5.74, 6) is 0. The van der Waals surface area contributed by atoms with Crippen molar-refractivity contribution in [3.05, 3.63) is 0 Å². The second-order valence-corrected chi connectivity index (χ2v) is 4.83. The fraction of sp³-hybridized carbons (Fsp3) is 1.00. The highest BCUT2D eigenvalue weighted by atomic mass is 79.9. The number of halogens is 1. The molecule has 0 rings (SSSR count). The number of hydrogen-bond acceptors (Lipinski definition) is 2. The van der Waals surface area contributed by atoms with Gasteiger partial charge in [0.05, 0.1) is 0 Å². The lowest BCUT2D eigenvalue weighted by Crippen LogP contribution is -2.03. The van der Waals surface area contributed by atoms with Gasteiger partial charge >= 0.3 is 0 Å². The van der Waals surface area contributed by atoms with Crippen molar-refractivity contribution < 1.29 is 9.47 Å². The molecule has 0 aliphatic heterocycles. The maximum absolute atomic E-state index is 5.53. The molecular formula is C13H27BrO2.